The molecule has 0 fully saturated rings. The quantitative estimate of drug-likeness (QED) is 0.403. The van der Waals surface area contributed by atoms with E-state index in [1.165, 1.54) is 0 Å². The van der Waals surface area contributed by atoms with Crippen molar-refractivity contribution in [3.05, 3.63) is 17.0 Å². The van der Waals surface area contributed by atoms with Crippen molar-refractivity contribution < 1.29 is 9.47 Å². The average Bonchev–Trinajstić information content (AvgIpc) is 2.53. The van der Waals surface area contributed by atoms with Crippen LogP contribution < -0.4 is 11.1 Å². The van der Waals surface area contributed by atoms with E-state index in [2.05, 4.69) is 41.0 Å². The molecule has 7 heteroatoms. The van der Waals surface area contributed by atoms with Crippen LogP contribution in [0.2, 0.25) is 5.28 Å². The summed E-state index contributed by atoms with van der Waals surface area (Å²) in [5.74, 6) is 7.03. The van der Waals surface area contributed by atoms with Gasteiger partial charge in [0.2, 0.25) is 11.6 Å². The second-order valence-corrected chi connectivity index (χ2v) is 5.96. The van der Waals surface area contributed by atoms with Gasteiger partial charge in [-0.15, -0.1) is 0 Å². The number of nitrogens with one attached hydrogen (secondary N) is 1. The Kier molecular flexibility index (Phi) is 9.65. The standard InChI is InChI=1S/C17H27ClN4O2/c1-5-23-15(24-6-2)8-7-13-11-20-17(18)22-16(13)21-14(10-19)9-12(3)4/h11-12,14-15H,5-6,9-10,19H2,1-4H3,(H,20,21,22)/t14-/m0/s1. The van der Waals surface area contributed by atoms with Gasteiger partial charge >= 0.3 is 0 Å². The first-order valence-electron chi connectivity index (χ1n) is 8.23. The van der Waals surface area contributed by atoms with Crippen LogP contribution in [-0.2, 0) is 9.47 Å². The zero-order valence-corrected chi connectivity index (χ0v) is 15.6. The third kappa shape index (κ3) is 7.45. The van der Waals surface area contributed by atoms with Gasteiger partial charge in [0.25, 0.3) is 0 Å². The smallest absolute Gasteiger partial charge is 0.224 e. The van der Waals surface area contributed by atoms with Gasteiger partial charge in [-0.2, -0.15) is 4.98 Å². The van der Waals surface area contributed by atoms with E-state index in [0.29, 0.717) is 37.1 Å². The zero-order valence-electron chi connectivity index (χ0n) is 14.8. The van der Waals surface area contributed by atoms with Gasteiger partial charge in [0.1, 0.15) is 5.82 Å². The predicted molar refractivity (Wildman–Crippen MR) is 96.9 cm³/mol. The summed E-state index contributed by atoms with van der Waals surface area (Å²) in [4.78, 5) is 8.24. The first-order chi connectivity index (χ1) is 11.5. The number of hydrogen-bond acceptors (Lipinski definition) is 6. The first kappa shape index (κ1) is 20.7. The SMILES string of the molecule is CCOC(C#Cc1cnc(Cl)nc1N[C@H](CN)CC(C)C)OCC. The Morgan fingerprint density at radius 1 is 1.29 bits per heavy atom. The minimum atomic E-state index is -0.579. The molecule has 0 aliphatic heterocycles. The molecule has 0 amide bonds. The summed E-state index contributed by atoms with van der Waals surface area (Å²) in [5, 5.41) is 3.47. The summed E-state index contributed by atoms with van der Waals surface area (Å²) in [6.45, 7) is 9.61. The summed E-state index contributed by atoms with van der Waals surface area (Å²) < 4.78 is 10.8. The maximum absolute atomic E-state index is 5.92. The fraction of sp³-hybridized carbons (Fsp3) is 0.647. The Morgan fingerprint density at radius 2 is 1.96 bits per heavy atom. The van der Waals surface area contributed by atoms with Gasteiger partial charge in [-0.25, -0.2) is 4.98 Å². The molecule has 1 aromatic rings. The fourth-order valence-corrected chi connectivity index (χ4v) is 2.24. The van der Waals surface area contributed by atoms with Gasteiger partial charge < -0.3 is 20.5 Å². The Labute approximate surface area is 149 Å². The van der Waals surface area contributed by atoms with Crippen molar-refractivity contribution in [1.29, 1.82) is 0 Å². The summed E-state index contributed by atoms with van der Waals surface area (Å²) in [6.07, 6.45) is 1.93. The molecule has 0 unspecified atom stereocenters. The molecular weight excluding hydrogens is 328 g/mol. The molecule has 0 saturated carbocycles. The lowest BCUT2D eigenvalue weighted by molar-refractivity contribution is -0.0969. The molecule has 0 radical (unpaired) electrons. The van der Waals surface area contributed by atoms with E-state index < -0.39 is 6.29 Å². The minimum absolute atomic E-state index is 0.0890. The molecule has 1 rings (SSSR count). The monoisotopic (exact) mass is 354 g/mol. The van der Waals surface area contributed by atoms with Crippen molar-refractivity contribution in [2.45, 2.75) is 46.4 Å². The lowest BCUT2D eigenvalue weighted by atomic mass is 10.0. The van der Waals surface area contributed by atoms with E-state index in [1.807, 2.05) is 13.8 Å². The largest absolute Gasteiger partial charge is 0.365 e. The fourth-order valence-electron chi connectivity index (χ4n) is 2.11. The molecule has 0 aromatic carbocycles. The van der Waals surface area contributed by atoms with Crippen LogP contribution >= 0.6 is 11.6 Å². The van der Waals surface area contributed by atoms with E-state index in [4.69, 9.17) is 26.8 Å². The summed E-state index contributed by atoms with van der Waals surface area (Å²) in [6, 6.07) is 0.0890. The van der Waals surface area contributed by atoms with Crippen LogP contribution in [-0.4, -0.2) is 42.1 Å². The molecule has 0 spiro atoms. The summed E-state index contributed by atoms with van der Waals surface area (Å²) >= 11 is 5.92. The highest BCUT2D eigenvalue weighted by Gasteiger charge is 2.13. The summed E-state index contributed by atoms with van der Waals surface area (Å²) in [5.41, 5.74) is 6.47. The Hall–Kier alpha value is -1.39. The number of ether oxygens (including phenoxy) is 2. The van der Waals surface area contributed by atoms with Crippen molar-refractivity contribution in [2.75, 3.05) is 25.1 Å². The topological polar surface area (TPSA) is 82.3 Å². The molecule has 1 heterocycles. The highest BCUT2D eigenvalue weighted by molar-refractivity contribution is 6.28. The number of hydrogen-bond donors (Lipinski definition) is 2. The van der Waals surface area contributed by atoms with E-state index in [-0.39, 0.29) is 11.3 Å². The van der Waals surface area contributed by atoms with E-state index in [1.54, 1.807) is 6.20 Å². The minimum Gasteiger partial charge on any atom is -0.365 e. The lowest BCUT2D eigenvalue weighted by Gasteiger charge is -2.20. The van der Waals surface area contributed by atoms with E-state index >= 15 is 0 Å². The van der Waals surface area contributed by atoms with Gasteiger partial charge in [-0.3, -0.25) is 0 Å². The lowest BCUT2D eigenvalue weighted by Crippen LogP contribution is -2.31. The Balaban J connectivity index is 2.99. The summed E-state index contributed by atoms with van der Waals surface area (Å²) in [7, 11) is 0. The maximum atomic E-state index is 5.92. The van der Waals surface area contributed by atoms with Gasteiger partial charge in [0, 0.05) is 32.0 Å². The molecule has 0 aliphatic carbocycles. The number of aromatic nitrogens is 2. The number of anilines is 1. The maximum Gasteiger partial charge on any atom is 0.224 e. The number of nitrogens with two attached hydrogens (primary N) is 1. The van der Waals surface area contributed by atoms with Crippen LogP contribution in [0.4, 0.5) is 5.82 Å². The molecule has 24 heavy (non-hydrogen) atoms. The van der Waals surface area contributed by atoms with E-state index in [0.717, 1.165) is 6.42 Å². The molecule has 0 bridgehead atoms. The molecule has 1 aromatic heterocycles. The molecule has 134 valence electrons. The molecule has 3 N–H and O–H groups in total. The van der Waals surface area contributed by atoms with Crippen molar-refractivity contribution in [2.24, 2.45) is 11.7 Å². The molecule has 1 atom stereocenters. The zero-order chi connectivity index (χ0) is 17.9. The molecule has 0 saturated heterocycles. The van der Waals surface area contributed by atoms with Crippen LogP contribution in [0.15, 0.2) is 6.20 Å². The third-order valence-electron chi connectivity index (χ3n) is 3.10. The van der Waals surface area contributed by atoms with Gasteiger partial charge in [-0.05, 0) is 43.7 Å². The first-order valence-corrected chi connectivity index (χ1v) is 8.61. The van der Waals surface area contributed by atoms with Crippen LogP contribution in [0.5, 0.6) is 0 Å². The highest BCUT2D eigenvalue weighted by Crippen LogP contribution is 2.16. The van der Waals surface area contributed by atoms with Gasteiger partial charge in [0.15, 0.2) is 0 Å². The van der Waals surface area contributed by atoms with Crippen LogP contribution in [0, 0.1) is 17.8 Å². The van der Waals surface area contributed by atoms with Crippen molar-refractivity contribution in [3.8, 4) is 11.8 Å². The normalized spacial score (nSPS) is 12.2. The second kappa shape index (κ2) is 11.2. The average molecular weight is 355 g/mol. The second-order valence-electron chi connectivity index (χ2n) is 5.62. The molecule has 0 aliphatic rings. The number of rotatable bonds is 9. The van der Waals surface area contributed by atoms with Gasteiger partial charge in [-0.1, -0.05) is 19.8 Å². The predicted octanol–water partition coefficient (Wildman–Crippen LogP) is 2.67. The van der Waals surface area contributed by atoms with Crippen molar-refractivity contribution in [1.82, 2.24) is 9.97 Å². The number of nitrogens with zero attached hydrogens (tertiary/aromatic N) is 2. The van der Waals surface area contributed by atoms with Gasteiger partial charge in [0.05, 0.1) is 5.56 Å². The number of halogens is 1. The third-order valence-corrected chi connectivity index (χ3v) is 3.28. The molecule has 6 nitrogen and oxygen atoms in total. The van der Waals surface area contributed by atoms with Crippen LogP contribution in [0.1, 0.15) is 39.7 Å². The van der Waals surface area contributed by atoms with Crippen LogP contribution in [0.25, 0.3) is 0 Å². The molecular formula is C17H27ClN4O2. The van der Waals surface area contributed by atoms with Crippen LogP contribution in [0.3, 0.4) is 0 Å². The Bertz CT molecular complexity index is 551. The highest BCUT2D eigenvalue weighted by atomic mass is 35.5. The van der Waals surface area contributed by atoms with Crippen molar-refractivity contribution >= 4 is 17.4 Å². The van der Waals surface area contributed by atoms with Crippen molar-refractivity contribution in [3.63, 3.8) is 0 Å². The Morgan fingerprint density at radius 3 is 2.50 bits per heavy atom. The van der Waals surface area contributed by atoms with E-state index in [9.17, 15) is 0 Å².